The fourth-order valence-corrected chi connectivity index (χ4v) is 2.50. The van der Waals surface area contributed by atoms with Gasteiger partial charge in [-0.1, -0.05) is 25.3 Å². The fourth-order valence-electron chi connectivity index (χ4n) is 2.50. The molecule has 1 aromatic rings. The van der Waals surface area contributed by atoms with Crippen LogP contribution in [0.5, 0.6) is 0 Å². The van der Waals surface area contributed by atoms with Crippen LogP contribution in [0.1, 0.15) is 37.7 Å². The lowest BCUT2D eigenvalue weighted by Crippen LogP contribution is -2.27. The van der Waals surface area contributed by atoms with E-state index in [9.17, 15) is 0 Å². The van der Waals surface area contributed by atoms with Gasteiger partial charge in [0.15, 0.2) is 0 Å². The van der Waals surface area contributed by atoms with Crippen molar-refractivity contribution in [2.75, 3.05) is 25.5 Å². The van der Waals surface area contributed by atoms with Gasteiger partial charge in [0.05, 0.1) is 0 Å². The topological polar surface area (TPSA) is 28.2 Å². The highest BCUT2D eigenvalue weighted by atomic mass is 15.1. The molecule has 1 N–H and O–H groups in total. The number of aromatic nitrogens is 1. The minimum absolute atomic E-state index is 1.02. The predicted molar refractivity (Wildman–Crippen MR) is 72.1 cm³/mol. The van der Waals surface area contributed by atoms with Crippen molar-refractivity contribution in [1.82, 2.24) is 9.88 Å². The summed E-state index contributed by atoms with van der Waals surface area (Å²) in [5.41, 5.74) is 1.32. The first-order valence-electron chi connectivity index (χ1n) is 6.74. The Morgan fingerprint density at radius 1 is 1.18 bits per heavy atom. The second-order valence-corrected chi connectivity index (χ2v) is 4.81. The lowest BCUT2D eigenvalue weighted by Gasteiger charge is -2.25. The predicted octanol–water partition coefficient (Wildman–Crippen LogP) is 2.89. The molecule has 3 nitrogen and oxygen atoms in total. The highest BCUT2D eigenvalue weighted by Gasteiger charge is 2.10. The van der Waals surface area contributed by atoms with Crippen LogP contribution in [0.15, 0.2) is 18.3 Å². The molecule has 0 spiro atoms. The Balaban J connectivity index is 1.97. The molecule has 0 saturated carbocycles. The van der Waals surface area contributed by atoms with E-state index in [4.69, 9.17) is 0 Å². The van der Waals surface area contributed by atoms with Crippen LogP contribution in [-0.4, -0.2) is 30.0 Å². The summed E-state index contributed by atoms with van der Waals surface area (Å²) in [6.45, 7) is 3.50. The maximum Gasteiger partial charge on any atom is 0.130 e. The van der Waals surface area contributed by atoms with Gasteiger partial charge in [-0.3, -0.25) is 4.90 Å². The molecular formula is C14H23N3. The number of likely N-dealkylation sites (tertiary alicyclic amines) is 1. The van der Waals surface area contributed by atoms with Crippen molar-refractivity contribution in [2.24, 2.45) is 0 Å². The van der Waals surface area contributed by atoms with Crippen molar-refractivity contribution in [3.63, 3.8) is 0 Å². The standard InChI is InChI=1S/C14H23N3/c1-15-14-13(8-7-9-16-14)12-17-10-5-3-2-4-6-11-17/h7-9H,2-6,10-12H2,1H3,(H,15,16). The number of pyridine rings is 1. The third-order valence-electron chi connectivity index (χ3n) is 3.47. The minimum atomic E-state index is 1.02. The number of nitrogens with zero attached hydrogens (tertiary/aromatic N) is 2. The van der Waals surface area contributed by atoms with Gasteiger partial charge in [0, 0.05) is 25.4 Å². The van der Waals surface area contributed by atoms with Gasteiger partial charge in [-0.2, -0.15) is 0 Å². The summed E-state index contributed by atoms with van der Waals surface area (Å²) in [6, 6.07) is 4.21. The molecule has 94 valence electrons. The summed E-state index contributed by atoms with van der Waals surface area (Å²) in [6.07, 6.45) is 8.74. The van der Waals surface area contributed by atoms with Gasteiger partial charge >= 0.3 is 0 Å². The lowest BCUT2D eigenvalue weighted by molar-refractivity contribution is 0.240. The minimum Gasteiger partial charge on any atom is -0.373 e. The molecule has 2 rings (SSSR count). The van der Waals surface area contributed by atoms with Gasteiger partial charge < -0.3 is 5.32 Å². The van der Waals surface area contributed by atoms with E-state index in [1.54, 1.807) is 0 Å². The van der Waals surface area contributed by atoms with E-state index in [2.05, 4.69) is 21.3 Å². The highest BCUT2D eigenvalue weighted by molar-refractivity contribution is 5.42. The summed E-state index contributed by atoms with van der Waals surface area (Å²) in [5, 5.41) is 3.18. The van der Waals surface area contributed by atoms with Crippen molar-refractivity contribution < 1.29 is 0 Å². The molecule has 1 aliphatic rings. The quantitative estimate of drug-likeness (QED) is 0.870. The molecule has 1 aliphatic heterocycles. The molecule has 1 aromatic heterocycles. The van der Waals surface area contributed by atoms with Crippen LogP contribution in [0.2, 0.25) is 0 Å². The van der Waals surface area contributed by atoms with Crippen LogP contribution < -0.4 is 5.32 Å². The van der Waals surface area contributed by atoms with E-state index in [1.807, 2.05) is 19.3 Å². The van der Waals surface area contributed by atoms with Crippen LogP contribution in [0.3, 0.4) is 0 Å². The van der Waals surface area contributed by atoms with Gasteiger partial charge in [-0.05, 0) is 32.0 Å². The van der Waals surface area contributed by atoms with Crippen molar-refractivity contribution >= 4 is 5.82 Å². The Morgan fingerprint density at radius 2 is 1.88 bits per heavy atom. The van der Waals surface area contributed by atoms with E-state index in [0.29, 0.717) is 0 Å². The average molecular weight is 233 g/mol. The average Bonchev–Trinajstić information content (AvgIpc) is 2.33. The van der Waals surface area contributed by atoms with E-state index in [0.717, 1.165) is 12.4 Å². The summed E-state index contributed by atoms with van der Waals surface area (Å²) in [7, 11) is 1.94. The zero-order valence-corrected chi connectivity index (χ0v) is 10.8. The third kappa shape index (κ3) is 3.70. The Hall–Kier alpha value is -1.09. The van der Waals surface area contributed by atoms with Crippen LogP contribution in [0.25, 0.3) is 0 Å². The van der Waals surface area contributed by atoms with Crippen molar-refractivity contribution in [3.05, 3.63) is 23.9 Å². The monoisotopic (exact) mass is 233 g/mol. The number of anilines is 1. The van der Waals surface area contributed by atoms with E-state index >= 15 is 0 Å². The maximum atomic E-state index is 4.37. The van der Waals surface area contributed by atoms with Crippen LogP contribution >= 0.6 is 0 Å². The van der Waals surface area contributed by atoms with E-state index in [-0.39, 0.29) is 0 Å². The maximum absolute atomic E-state index is 4.37. The largest absolute Gasteiger partial charge is 0.373 e. The van der Waals surface area contributed by atoms with E-state index in [1.165, 1.54) is 50.8 Å². The first kappa shape index (κ1) is 12.4. The lowest BCUT2D eigenvalue weighted by atomic mass is 10.1. The van der Waals surface area contributed by atoms with Gasteiger partial charge in [-0.25, -0.2) is 4.98 Å². The van der Waals surface area contributed by atoms with Gasteiger partial charge in [0.1, 0.15) is 5.82 Å². The molecule has 3 heteroatoms. The summed E-state index contributed by atoms with van der Waals surface area (Å²) in [4.78, 5) is 6.93. The number of hydrogen-bond donors (Lipinski definition) is 1. The molecule has 0 aliphatic carbocycles. The molecule has 0 unspecified atom stereocenters. The Morgan fingerprint density at radius 3 is 2.59 bits per heavy atom. The number of rotatable bonds is 3. The fraction of sp³-hybridized carbons (Fsp3) is 0.643. The molecule has 0 atom stereocenters. The molecule has 1 fully saturated rings. The number of hydrogen-bond acceptors (Lipinski definition) is 3. The van der Waals surface area contributed by atoms with Crippen LogP contribution in [0, 0.1) is 0 Å². The van der Waals surface area contributed by atoms with Gasteiger partial charge in [-0.15, -0.1) is 0 Å². The normalized spacial score (nSPS) is 18.4. The molecular weight excluding hydrogens is 210 g/mol. The molecule has 0 amide bonds. The van der Waals surface area contributed by atoms with Crippen LogP contribution in [0.4, 0.5) is 5.82 Å². The SMILES string of the molecule is CNc1ncccc1CN1CCCCCCC1. The van der Waals surface area contributed by atoms with Crippen LogP contribution in [-0.2, 0) is 6.54 Å². The zero-order chi connectivity index (χ0) is 11.9. The summed E-state index contributed by atoms with van der Waals surface area (Å²) in [5.74, 6) is 1.02. The van der Waals surface area contributed by atoms with Crippen molar-refractivity contribution in [2.45, 2.75) is 38.6 Å². The molecule has 17 heavy (non-hydrogen) atoms. The van der Waals surface area contributed by atoms with Crippen molar-refractivity contribution in [3.8, 4) is 0 Å². The Bertz CT molecular complexity index is 330. The molecule has 0 bridgehead atoms. The van der Waals surface area contributed by atoms with Gasteiger partial charge in [0.2, 0.25) is 0 Å². The number of nitrogens with one attached hydrogen (secondary N) is 1. The second-order valence-electron chi connectivity index (χ2n) is 4.81. The molecule has 1 saturated heterocycles. The third-order valence-corrected chi connectivity index (χ3v) is 3.47. The molecule has 0 radical (unpaired) electrons. The van der Waals surface area contributed by atoms with E-state index < -0.39 is 0 Å². The molecule has 2 heterocycles. The zero-order valence-electron chi connectivity index (χ0n) is 10.8. The highest BCUT2D eigenvalue weighted by Crippen LogP contribution is 2.17. The summed E-state index contributed by atoms with van der Waals surface area (Å²) < 4.78 is 0. The summed E-state index contributed by atoms with van der Waals surface area (Å²) >= 11 is 0. The van der Waals surface area contributed by atoms with Crippen molar-refractivity contribution in [1.29, 1.82) is 0 Å². The molecule has 0 aromatic carbocycles. The first-order valence-corrected chi connectivity index (χ1v) is 6.74. The Labute approximate surface area is 104 Å². The first-order chi connectivity index (χ1) is 8.40. The second kappa shape index (κ2) is 6.60. The smallest absolute Gasteiger partial charge is 0.130 e. The van der Waals surface area contributed by atoms with Gasteiger partial charge in [0.25, 0.3) is 0 Å². The Kier molecular flexibility index (Phi) is 4.80.